The first-order valence-electron chi connectivity index (χ1n) is 6.05. The Kier molecular flexibility index (Phi) is 4.82. The number of hydrogen-bond acceptors (Lipinski definition) is 0. The van der Waals surface area contributed by atoms with Gasteiger partial charge in [0.15, 0.2) is 0 Å². The summed E-state index contributed by atoms with van der Waals surface area (Å²) in [5.74, 6) is 0. The van der Waals surface area contributed by atoms with E-state index in [9.17, 15) is 0 Å². The summed E-state index contributed by atoms with van der Waals surface area (Å²) in [5.41, 5.74) is 1.50. The molecule has 0 N–H and O–H groups in total. The first kappa shape index (κ1) is 13.5. The van der Waals surface area contributed by atoms with Gasteiger partial charge in [-0.3, -0.25) is 0 Å². The summed E-state index contributed by atoms with van der Waals surface area (Å²) in [5, 5.41) is 0. The number of benzene rings is 1. The summed E-state index contributed by atoms with van der Waals surface area (Å²) in [4.78, 5) is 0. The largest absolute Gasteiger partial charge is 1.00 e. The van der Waals surface area contributed by atoms with Crippen LogP contribution in [0.1, 0.15) is 24.8 Å². The van der Waals surface area contributed by atoms with Crippen molar-refractivity contribution in [2.24, 2.45) is 0 Å². The number of halogens is 1. The van der Waals surface area contributed by atoms with Crippen LogP contribution >= 0.6 is 0 Å². The van der Waals surface area contributed by atoms with Crippen LogP contribution in [-0.2, 0) is 6.42 Å². The van der Waals surface area contributed by atoms with Crippen LogP contribution in [0.15, 0.2) is 30.3 Å². The van der Waals surface area contributed by atoms with Gasteiger partial charge >= 0.3 is 0 Å². The molecule has 2 heteroatoms. The lowest BCUT2D eigenvalue weighted by atomic mass is 9.94. The second-order valence-electron chi connectivity index (χ2n) is 5.34. The van der Waals surface area contributed by atoms with E-state index in [2.05, 4.69) is 44.4 Å². The van der Waals surface area contributed by atoms with E-state index in [-0.39, 0.29) is 12.4 Å². The van der Waals surface area contributed by atoms with Crippen LogP contribution < -0.4 is 12.4 Å². The van der Waals surface area contributed by atoms with Gasteiger partial charge in [0.1, 0.15) is 0 Å². The summed E-state index contributed by atoms with van der Waals surface area (Å²) in [7, 11) is 4.76. The second-order valence-corrected chi connectivity index (χ2v) is 5.34. The minimum absolute atomic E-state index is 0. The average molecular weight is 240 g/mol. The molecule has 0 aliphatic carbocycles. The van der Waals surface area contributed by atoms with Crippen molar-refractivity contribution in [1.29, 1.82) is 0 Å². The van der Waals surface area contributed by atoms with Crippen LogP contribution in [0.25, 0.3) is 0 Å². The zero-order valence-electron chi connectivity index (χ0n) is 10.3. The van der Waals surface area contributed by atoms with Crippen LogP contribution in [0.3, 0.4) is 0 Å². The van der Waals surface area contributed by atoms with E-state index in [1.165, 1.54) is 42.3 Å². The van der Waals surface area contributed by atoms with E-state index in [1.54, 1.807) is 0 Å². The third-order valence-corrected chi connectivity index (χ3v) is 3.82. The maximum Gasteiger partial charge on any atom is 0.0927 e. The molecular formula is C14H22ClN. The Bertz CT molecular complexity index is 308. The van der Waals surface area contributed by atoms with Gasteiger partial charge in [0.05, 0.1) is 26.7 Å². The second kappa shape index (κ2) is 5.70. The van der Waals surface area contributed by atoms with Gasteiger partial charge in [0.2, 0.25) is 0 Å². The van der Waals surface area contributed by atoms with Crippen molar-refractivity contribution in [3.63, 3.8) is 0 Å². The molecule has 1 aromatic carbocycles. The van der Waals surface area contributed by atoms with Crippen molar-refractivity contribution in [1.82, 2.24) is 0 Å². The summed E-state index contributed by atoms with van der Waals surface area (Å²) in [6.45, 7) is 1.34. The Morgan fingerprint density at radius 1 is 1.12 bits per heavy atom. The predicted molar refractivity (Wildman–Crippen MR) is 64.8 cm³/mol. The Morgan fingerprint density at radius 2 is 1.81 bits per heavy atom. The SMILES string of the molecule is C[N+]1(C)CCCCC1Cc1ccccc1.[Cl-]. The van der Waals surface area contributed by atoms with Crippen molar-refractivity contribution in [2.45, 2.75) is 31.7 Å². The van der Waals surface area contributed by atoms with Gasteiger partial charge in [-0.15, -0.1) is 0 Å². The van der Waals surface area contributed by atoms with Crippen molar-refractivity contribution in [2.75, 3.05) is 20.6 Å². The monoisotopic (exact) mass is 239 g/mol. The number of likely N-dealkylation sites (N-methyl/N-ethyl adjacent to an activating group) is 1. The number of nitrogens with zero attached hydrogens (tertiary/aromatic N) is 1. The maximum atomic E-state index is 2.38. The van der Waals surface area contributed by atoms with Gasteiger partial charge in [0, 0.05) is 6.42 Å². The van der Waals surface area contributed by atoms with E-state index in [1.807, 2.05) is 0 Å². The fourth-order valence-corrected chi connectivity index (χ4v) is 2.67. The Balaban J connectivity index is 0.00000128. The van der Waals surface area contributed by atoms with Gasteiger partial charge in [-0.05, 0) is 24.8 Å². The Hall–Kier alpha value is -0.530. The van der Waals surface area contributed by atoms with Crippen LogP contribution in [0, 0.1) is 0 Å². The van der Waals surface area contributed by atoms with Crippen LogP contribution in [0.2, 0.25) is 0 Å². The molecule has 1 aromatic rings. The molecule has 1 heterocycles. The Morgan fingerprint density at radius 3 is 2.44 bits per heavy atom. The van der Waals surface area contributed by atoms with Crippen LogP contribution in [0.5, 0.6) is 0 Å². The molecule has 1 saturated heterocycles. The number of hydrogen-bond donors (Lipinski definition) is 0. The van der Waals surface area contributed by atoms with E-state index in [0.717, 1.165) is 6.04 Å². The first-order chi connectivity index (χ1) is 7.18. The van der Waals surface area contributed by atoms with Gasteiger partial charge < -0.3 is 16.9 Å². The molecule has 0 spiro atoms. The van der Waals surface area contributed by atoms with Crippen LogP contribution in [-0.4, -0.2) is 31.2 Å². The molecule has 0 aromatic heterocycles. The first-order valence-corrected chi connectivity index (χ1v) is 6.05. The third-order valence-electron chi connectivity index (χ3n) is 3.82. The summed E-state index contributed by atoms with van der Waals surface area (Å²) in [6.07, 6.45) is 5.45. The fourth-order valence-electron chi connectivity index (χ4n) is 2.67. The van der Waals surface area contributed by atoms with Crippen molar-refractivity contribution >= 4 is 0 Å². The topological polar surface area (TPSA) is 0 Å². The zero-order valence-corrected chi connectivity index (χ0v) is 11.1. The van der Waals surface area contributed by atoms with Crippen molar-refractivity contribution in [3.8, 4) is 0 Å². The highest BCUT2D eigenvalue weighted by molar-refractivity contribution is 5.15. The number of quaternary nitrogens is 1. The van der Waals surface area contributed by atoms with Crippen molar-refractivity contribution < 1.29 is 16.9 Å². The highest BCUT2D eigenvalue weighted by Crippen LogP contribution is 2.24. The molecule has 2 rings (SSSR count). The lowest BCUT2D eigenvalue weighted by molar-refractivity contribution is -0.919. The minimum Gasteiger partial charge on any atom is -1.00 e. The van der Waals surface area contributed by atoms with Gasteiger partial charge in [-0.1, -0.05) is 30.3 Å². The molecule has 1 nitrogen and oxygen atoms in total. The summed E-state index contributed by atoms with van der Waals surface area (Å²) < 4.78 is 1.20. The molecule has 90 valence electrons. The number of piperidine rings is 1. The fraction of sp³-hybridized carbons (Fsp3) is 0.571. The smallest absolute Gasteiger partial charge is 0.0927 e. The molecule has 1 unspecified atom stereocenters. The molecule has 0 saturated carbocycles. The predicted octanol–water partition coefficient (Wildman–Crippen LogP) is -0.138. The average Bonchev–Trinajstić information content (AvgIpc) is 2.23. The van der Waals surface area contributed by atoms with Gasteiger partial charge in [-0.2, -0.15) is 0 Å². The van der Waals surface area contributed by atoms with E-state index >= 15 is 0 Å². The molecule has 1 fully saturated rings. The minimum atomic E-state index is 0. The highest BCUT2D eigenvalue weighted by atomic mass is 35.5. The molecule has 1 aliphatic heterocycles. The maximum absolute atomic E-state index is 2.38. The van der Waals surface area contributed by atoms with Crippen LogP contribution in [0.4, 0.5) is 0 Å². The highest BCUT2D eigenvalue weighted by Gasteiger charge is 2.30. The molecule has 16 heavy (non-hydrogen) atoms. The Labute approximate surface area is 105 Å². The molecule has 0 bridgehead atoms. The zero-order chi connectivity index (χ0) is 10.7. The molecule has 1 atom stereocenters. The summed E-state index contributed by atoms with van der Waals surface area (Å²) >= 11 is 0. The normalized spacial score (nSPS) is 23.5. The van der Waals surface area contributed by atoms with Gasteiger partial charge in [-0.25, -0.2) is 0 Å². The van der Waals surface area contributed by atoms with Crippen molar-refractivity contribution in [3.05, 3.63) is 35.9 Å². The van der Waals surface area contributed by atoms with Gasteiger partial charge in [0.25, 0.3) is 0 Å². The summed E-state index contributed by atoms with van der Waals surface area (Å²) in [6, 6.07) is 11.7. The lowest BCUT2D eigenvalue weighted by Gasteiger charge is -2.41. The van der Waals surface area contributed by atoms with E-state index in [4.69, 9.17) is 0 Å². The molecule has 1 aliphatic rings. The number of likely N-dealkylation sites (tertiary alicyclic amines) is 1. The van der Waals surface area contributed by atoms with E-state index < -0.39 is 0 Å². The third kappa shape index (κ3) is 3.23. The standard InChI is InChI=1S/C14H22N.ClH/c1-15(2)11-7-6-10-14(15)12-13-8-4-3-5-9-13;/h3-5,8-9,14H,6-7,10-12H2,1-2H3;1H/q+1;/p-1. The molecular weight excluding hydrogens is 218 g/mol. The quantitative estimate of drug-likeness (QED) is 0.631. The molecule has 0 radical (unpaired) electrons. The van der Waals surface area contributed by atoms with E-state index in [0.29, 0.717) is 0 Å². The molecule has 0 amide bonds. The number of rotatable bonds is 2. The lowest BCUT2D eigenvalue weighted by Crippen LogP contribution is -3.00.